The summed E-state index contributed by atoms with van der Waals surface area (Å²) in [6, 6.07) is 0. The zero-order chi connectivity index (χ0) is 65.6. The van der Waals surface area contributed by atoms with E-state index < -0.39 is 97.5 Å². The average molecular weight is 1310 g/mol. The minimum atomic E-state index is -4.95. The summed E-state index contributed by atoms with van der Waals surface area (Å²) in [5, 5.41) is 10.6. The molecule has 0 radical (unpaired) electrons. The molecule has 5 atom stereocenters. The molecule has 0 aromatic rings. The third-order valence-electron chi connectivity index (χ3n) is 16.3. The van der Waals surface area contributed by atoms with Gasteiger partial charge in [0.25, 0.3) is 0 Å². The number of aliphatic hydroxyl groups excluding tert-OH is 1. The van der Waals surface area contributed by atoms with Crippen LogP contribution in [0.4, 0.5) is 0 Å². The summed E-state index contributed by atoms with van der Waals surface area (Å²) >= 11 is 0. The Morgan fingerprint density at radius 1 is 0.303 bits per heavy atom. The fraction of sp³-hybridized carbons (Fsp3) is 0.943. The first-order chi connectivity index (χ1) is 43.0. The molecule has 89 heavy (non-hydrogen) atoms. The van der Waals surface area contributed by atoms with Crippen LogP contribution in [-0.4, -0.2) is 96.7 Å². The average Bonchev–Trinajstić information content (AvgIpc) is 3.68. The molecular formula is C70H136O17P2. The van der Waals surface area contributed by atoms with Crippen LogP contribution >= 0.6 is 15.6 Å². The van der Waals surface area contributed by atoms with Gasteiger partial charge in [0, 0.05) is 25.7 Å². The highest BCUT2D eigenvalue weighted by molar-refractivity contribution is 7.47. The summed E-state index contributed by atoms with van der Waals surface area (Å²) in [6.45, 7) is 7.14. The van der Waals surface area contributed by atoms with Gasteiger partial charge in [-0.15, -0.1) is 0 Å². The summed E-state index contributed by atoms with van der Waals surface area (Å²) < 4.78 is 68.1. The topological polar surface area (TPSA) is 237 Å². The van der Waals surface area contributed by atoms with Gasteiger partial charge in [0.15, 0.2) is 12.2 Å². The molecule has 0 saturated carbocycles. The Morgan fingerprint density at radius 2 is 0.517 bits per heavy atom. The van der Waals surface area contributed by atoms with Crippen molar-refractivity contribution < 1.29 is 80.2 Å². The van der Waals surface area contributed by atoms with Crippen LogP contribution in [0.15, 0.2) is 0 Å². The predicted molar refractivity (Wildman–Crippen MR) is 358 cm³/mol. The smallest absolute Gasteiger partial charge is 0.462 e. The van der Waals surface area contributed by atoms with Crippen LogP contribution in [-0.2, 0) is 65.4 Å². The van der Waals surface area contributed by atoms with Crippen LogP contribution in [0, 0.1) is 5.92 Å². The molecule has 0 aromatic carbocycles. The summed E-state index contributed by atoms with van der Waals surface area (Å²) in [5.41, 5.74) is 0. The SMILES string of the molecule is CCCCCCCCCCCCCCCCCCCCCC(=O)O[C@H](COC(=O)CCCCCCCCCCCCCCC)COP(=O)(O)OC[C@@H](O)COP(=O)(O)OC[C@@H](COC(=O)CCCCCCCCC)OC(=O)CCCCCCCCCC(C)C. The van der Waals surface area contributed by atoms with Crippen molar-refractivity contribution in [2.45, 2.75) is 380 Å². The van der Waals surface area contributed by atoms with E-state index in [1.807, 2.05) is 0 Å². The Hall–Kier alpha value is -1.94. The van der Waals surface area contributed by atoms with Crippen LogP contribution in [0.1, 0.15) is 362 Å². The Bertz CT molecular complexity index is 1720. The van der Waals surface area contributed by atoms with E-state index in [0.29, 0.717) is 31.6 Å². The van der Waals surface area contributed by atoms with Gasteiger partial charge in [-0.25, -0.2) is 9.13 Å². The van der Waals surface area contributed by atoms with E-state index in [-0.39, 0.29) is 25.7 Å². The second kappa shape index (κ2) is 63.5. The van der Waals surface area contributed by atoms with E-state index in [1.165, 1.54) is 173 Å². The first kappa shape index (κ1) is 87.1. The highest BCUT2D eigenvalue weighted by atomic mass is 31.2. The fourth-order valence-electron chi connectivity index (χ4n) is 10.6. The van der Waals surface area contributed by atoms with E-state index in [0.717, 1.165) is 103 Å². The summed E-state index contributed by atoms with van der Waals surface area (Å²) in [4.78, 5) is 72.4. The maximum absolute atomic E-state index is 13.0. The molecule has 0 amide bonds. The summed E-state index contributed by atoms with van der Waals surface area (Å²) in [6.07, 6.45) is 50.2. The van der Waals surface area contributed by atoms with Gasteiger partial charge < -0.3 is 33.8 Å². The van der Waals surface area contributed by atoms with Crippen LogP contribution in [0.25, 0.3) is 0 Å². The zero-order valence-corrected chi connectivity index (χ0v) is 59.4. The van der Waals surface area contributed by atoms with Crippen LogP contribution < -0.4 is 0 Å². The van der Waals surface area contributed by atoms with Crippen molar-refractivity contribution in [3.63, 3.8) is 0 Å². The minimum absolute atomic E-state index is 0.103. The molecule has 0 rings (SSSR count). The maximum Gasteiger partial charge on any atom is 0.472 e. The molecule has 0 saturated heterocycles. The van der Waals surface area contributed by atoms with E-state index in [2.05, 4.69) is 34.6 Å². The molecule has 3 N–H and O–H groups in total. The lowest BCUT2D eigenvalue weighted by Crippen LogP contribution is -2.30. The number of hydrogen-bond acceptors (Lipinski definition) is 15. The molecule has 0 aliphatic carbocycles. The molecule has 0 aliphatic heterocycles. The van der Waals surface area contributed by atoms with Crippen LogP contribution in [0.2, 0.25) is 0 Å². The quantitative estimate of drug-likeness (QED) is 0.0222. The normalized spacial score (nSPS) is 14.1. The van der Waals surface area contributed by atoms with Gasteiger partial charge in [0.1, 0.15) is 19.3 Å². The van der Waals surface area contributed by atoms with Gasteiger partial charge >= 0.3 is 39.5 Å². The fourth-order valence-corrected chi connectivity index (χ4v) is 12.2. The number of carbonyl (C=O) groups excluding carboxylic acids is 4. The zero-order valence-electron chi connectivity index (χ0n) is 57.6. The molecule has 19 heteroatoms. The van der Waals surface area contributed by atoms with E-state index in [4.69, 9.17) is 37.0 Å². The number of aliphatic hydroxyl groups is 1. The van der Waals surface area contributed by atoms with Crippen molar-refractivity contribution in [3.05, 3.63) is 0 Å². The molecule has 0 fully saturated rings. The lowest BCUT2D eigenvalue weighted by atomic mass is 10.0. The van der Waals surface area contributed by atoms with Crippen molar-refractivity contribution in [2.75, 3.05) is 39.6 Å². The molecule has 0 heterocycles. The van der Waals surface area contributed by atoms with Gasteiger partial charge in [0.05, 0.1) is 26.4 Å². The van der Waals surface area contributed by atoms with Crippen molar-refractivity contribution in [1.29, 1.82) is 0 Å². The molecule has 17 nitrogen and oxygen atoms in total. The number of ether oxygens (including phenoxy) is 4. The number of hydrogen-bond donors (Lipinski definition) is 3. The van der Waals surface area contributed by atoms with Gasteiger partial charge in [-0.05, 0) is 31.6 Å². The van der Waals surface area contributed by atoms with Crippen molar-refractivity contribution >= 4 is 39.5 Å². The molecule has 0 aromatic heterocycles. The van der Waals surface area contributed by atoms with E-state index in [9.17, 15) is 43.2 Å². The van der Waals surface area contributed by atoms with Gasteiger partial charge in [-0.2, -0.15) is 0 Å². The van der Waals surface area contributed by atoms with Gasteiger partial charge in [0.2, 0.25) is 0 Å². The van der Waals surface area contributed by atoms with Crippen LogP contribution in [0.3, 0.4) is 0 Å². The van der Waals surface area contributed by atoms with Crippen molar-refractivity contribution in [1.82, 2.24) is 0 Å². The number of phosphoric ester groups is 2. The highest BCUT2D eigenvalue weighted by Gasteiger charge is 2.30. The first-order valence-electron chi connectivity index (χ1n) is 36.6. The Balaban J connectivity index is 5.17. The summed E-state index contributed by atoms with van der Waals surface area (Å²) in [7, 11) is -9.89. The summed E-state index contributed by atoms with van der Waals surface area (Å²) in [5.74, 6) is -1.43. The van der Waals surface area contributed by atoms with Gasteiger partial charge in [-0.1, -0.05) is 311 Å². The lowest BCUT2D eigenvalue weighted by molar-refractivity contribution is -0.161. The number of rotatable bonds is 70. The monoisotopic (exact) mass is 1310 g/mol. The third kappa shape index (κ3) is 64.6. The highest BCUT2D eigenvalue weighted by Crippen LogP contribution is 2.45. The number of esters is 4. The number of phosphoric acid groups is 2. The Labute approximate surface area is 543 Å². The first-order valence-corrected chi connectivity index (χ1v) is 39.6. The Morgan fingerprint density at radius 3 is 0.764 bits per heavy atom. The molecule has 0 aliphatic rings. The second-order valence-electron chi connectivity index (χ2n) is 25.7. The standard InChI is InChI=1S/C70H136O17P2/c1-6-9-12-15-18-20-22-24-25-26-27-28-29-31-33-35-40-45-50-55-69(74)86-66(60-81-68(73)54-49-44-39-34-32-30-23-21-19-16-13-10-7-2)62-85-89(78,79)83-58-64(71)57-82-88(76,77)84-61-65(59-80-67(72)53-48-43-37-17-14-11-8-3)87-70(75)56-51-46-41-36-38-42-47-52-63(4)5/h63-66,71H,6-62H2,1-5H3,(H,76,77)(H,78,79)/t64-,65+,66+/m0/s1. The largest absolute Gasteiger partial charge is 0.472 e. The van der Waals surface area contributed by atoms with E-state index >= 15 is 0 Å². The number of carbonyl (C=O) groups is 4. The Kier molecular flexibility index (Phi) is 62.1. The molecule has 2 unspecified atom stereocenters. The molecular weight excluding hydrogens is 1170 g/mol. The van der Waals surface area contributed by atoms with Crippen molar-refractivity contribution in [3.8, 4) is 0 Å². The molecule has 528 valence electrons. The third-order valence-corrected chi connectivity index (χ3v) is 18.2. The molecule has 0 spiro atoms. The number of unbranched alkanes of at least 4 members (excludes halogenated alkanes) is 42. The van der Waals surface area contributed by atoms with Crippen molar-refractivity contribution in [2.24, 2.45) is 5.92 Å². The second-order valence-corrected chi connectivity index (χ2v) is 28.7. The minimum Gasteiger partial charge on any atom is -0.462 e. The van der Waals surface area contributed by atoms with Crippen LogP contribution in [0.5, 0.6) is 0 Å². The lowest BCUT2D eigenvalue weighted by Gasteiger charge is -2.21. The molecule has 0 bridgehead atoms. The van der Waals surface area contributed by atoms with E-state index in [1.54, 1.807) is 0 Å². The maximum atomic E-state index is 13.0. The predicted octanol–water partition coefficient (Wildman–Crippen LogP) is 20.1. The van der Waals surface area contributed by atoms with Gasteiger partial charge in [-0.3, -0.25) is 37.3 Å².